The molecule has 0 fully saturated rings. The molecule has 2 aromatic carbocycles. The zero-order valence-electron chi connectivity index (χ0n) is 12.7. The van der Waals surface area contributed by atoms with E-state index in [0.29, 0.717) is 0 Å². The Morgan fingerprint density at radius 1 is 0.864 bits per heavy atom. The smallest absolute Gasteiger partial charge is 0.0743 e. The molecule has 2 nitrogen and oxygen atoms in total. The van der Waals surface area contributed by atoms with Crippen molar-refractivity contribution >= 4 is 16.3 Å². The maximum Gasteiger partial charge on any atom is 0.0743 e. The quantitative estimate of drug-likeness (QED) is 0.511. The Morgan fingerprint density at radius 2 is 1.59 bits per heavy atom. The van der Waals surface area contributed by atoms with Crippen molar-refractivity contribution in [2.24, 2.45) is 0 Å². The van der Waals surface area contributed by atoms with Gasteiger partial charge in [-0.1, -0.05) is 67.9 Å². The van der Waals surface area contributed by atoms with E-state index in [1.807, 2.05) is 6.20 Å². The van der Waals surface area contributed by atoms with E-state index >= 15 is 0 Å². The molecule has 0 N–H and O–H groups in total. The van der Waals surface area contributed by atoms with Crippen molar-refractivity contribution in [1.29, 1.82) is 0 Å². The van der Waals surface area contributed by atoms with Gasteiger partial charge in [-0.25, -0.2) is 4.52 Å². The normalized spacial score (nSPS) is 11.3. The highest BCUT2D eigenvalue weighted by Gasteiger charge is 2.15. The molecule has 2 aromatic heterocycles. The number of fused-ring (bicyclic) bond motifs is 3. The maximum absolute atomic E-state index is 4.59. The highest BCUT2D eigenvalue weighted by atomic mass is 15.2. The predicted molar refractivity (Wildman–Crippen MR) is 92.1 cm³/mol. The van der Waals surface area contributed by atoms with Crippen molar-refractivity contribution in [1.82, 2.24) is 9.61 Å². The van der Waals surface area contributed by atoms with E-state index in [1.54, 1.807) is 0 Å². The Hall–Kier alpha value is -2.61. The fraction of sp³-hybridized carbons (Fsp3) is 0.150. The Balaban J connectivity index is 2.21. The number of hydrogen-bond acceptors (Lipinski definition) is 1. The molecule has 0 saturated carbocycles. The van der Waals surface area contributed by atoms with Gasteiger partial charge in [-0.3, -0.25) is 0 Å². The summed E-state index contributed by atoms with van der Waals surface area (Å²) in [6, 6.07) is 21.4. The molecule has 22 heavy (non-hydrogen) atoms. The summed E-state index contributed by atoms with van der Waals surface area (Å²) in [4.78, 5) is 0. The first kappa shape index (κ1) is 13.1. The summed E-state index contributed by atoms with van der Waals surface area (Å²) in [6.07, 6.45) is 4.02. The van der Waals surface area contributed by atoms with Crippen molar-refractivity contribution in [2.45, 2.75) is 19.8 Å². The summed E-state index contributed by atoms with van der Waals surface area (Å²) < 4.78 is 2.12. The summed E-state index contributed by atoms with van der Waals surface area (Å²) in [5, 5.41) is 7.16. The van der Waals surface area contributed by atoms with Crippen LogP contribution in [-0.4, -0.2) is 9.61 Å². The molecule has 0 radical (unpaired) electrons. The van der Waals surface area contributed by atoms with Gasteiger partial charge in [0.05, 0.1) is 17.4 Å². The first-order chi connectivity index (χ1) is 10.9. The molecule has 4 rings (SSSR count). The summed E-state index contributed by atoms with van der Waals surface area (Å²) in [5.74, 6) is 0. The summed E-state index contributed by atoms with van der Waals surface area (Å²) in [5.41, 5.74) is 5.07. The van der Waals surface area contributed by atoms with E-state index in [-0.39, 0.29) is 0 Å². The number of rotatable bonds is 3. The second kappa shape index (κ2) is 5.30. The van der Waals surface area contributed by atoms with Gasteiger partial charge in [0, 0.05) is 10.9 Å². The van der Waals surface area contributed by atoms with Gasteiger partial charge in [0.15, 0.2) is 0 Å². The van der Waals surface area contributed by atoms with Crippen molar-refractivity contribution < 1.29 is 0 Å². The van der Waals surface area contributed by atoms with Crippen LogP contribution in [0.15, 0.2) is 66.9 Å². The van der Waals surface area contributed by atoms with Gasteiger partial charge in [-0.15, -0.1) is 0 Å². The zero-order valence-corrected chi connectivity index (χ0v) is 12.7. The number of nitrogens with zero attached hydrogens (tertiary/aromatic N) is 2. The van der Waals surface area contributed by atoms with Gasteiger partial charge in [0.25, 0.3) is 0 Å². The molecule has 0 bridgehead atoms. The molecule has 0 unspecified atom stereocenters. The molecule has 0 aliphatic rings. The monoisotopic (exact) mass is 286 g/mol. The first-order valence-corrected chi connectivity index (χ1v) is 7.83. The minimum atomic E-state index is 1.02. The highest BCUT2D eigenvalue weighted by Crippen LogP contribution is 2.35. The third-order valence-electron chi connectivity index (χ3n) is 4.21. The Labute approximate surface area is 130 Å². The summed E-state index contributed by atoms with van der Waals surface area (Å²) >= 11 is 0. The highest BCUT2D eigenvalue weighted by molar-refractivity contribution is 6.05. The SMILES string of the molecule is CCCc1c(-c2ccccc2)c2ccccc2c2ccnn12. The minimum Gasteiger partial charge on any atom is -0.237 e. The van der Waals surface area contributed by atoms with Gasteiger partial charge in [-0.2, -0.15) is 5.10 Å². The van der Waals surface area contributed by atoms with Crippen LogP contribution >= 0.6 is 0 Å². The van der Waals surface area contributed by atoms with E-state index in [2.05, 4.69) is 77.2 Å². The number of aromatic nitrogens is 2. The molecule has 0 saturated heterocycles. The van der Waals surface area contributed by atoms with Crippen LogP contribution < -0.4 is 0 Å². The predicted octanol–water partition coefficient (Wildman–Crippen LogP) is 5.11. The number of benzene rings is 2. The van der Waals surface area contributed by atoms with Crippen LogP contribution in [0.4, 0.5) is 0 Å². The first-order valence-electron chi connectivity index (χ1n) is 7.83. The lowest BCUT2D eigenvalue weighted by Gasteiger charge is -2.16. The zero-order chi connectivity index (χ0) is 14.9. The summed E-state index contributed by atoms with van der Waals surface area (Å²) in [6.45, 7) is 2.22. The molecular weight excluding hydrogens is 268 g/mol. The number of pyridine rings is 1. The Kier molecular flexibility index (Phi) is 3.15. The van der Waals surface area contributed by atoms with Crippen molar-refractivity contribution in [3.63, 3.8) is 0 Å². The lowest BCUT2D eigenvalue weighted by atomic mass is 9.95. The molecule has 0 amide bonds. The topological polar surface area (TPSA) is 17.3 Å². The van der Waals surface area contributed by atoms with E-state index in [0.717, 1.165) is 12.8 Å². The van der Waals surface area contributed by atoms with Crippen LogP contribution in [-0.2, 0) is 6.42 Å². The Morgan fingerprint density at radius 3 is 2.36 bits per heavy atom. The largest absolute Gasteiger partial charge is 0.237 e. The molecule has 108 valence electrons. The lowest BCUT2D eigenvalue weighted by Crippen LogP contribution is -2.03. The fourth-order valence-electron chi connectivity index (χ4n) is 3.30. The van der Waals surface area contributed by atoms with E-state index < -0.39 is 0 Å². The van der Waals surface area contributed by atoms with E-state index in [9.17, 15) is 0 Å². The van der Waals surface area contributed by atoms with Gasteiger partial charge in [0.2, 0.25) is 0 Å². The van der Waals surface area contributed by atoms with Crippen LogP contribution in [0.3, 0.4) is 0 Å². The average Bonchev–Trinajstić information content (AvgIpc) is 3.06. The molecule has 0 aliphatic carbocycles. The lowest BCUT2D eigenvalue weighted by molar-refractivity contribution is 0.812. The van der Waals surface area contributed by atoms with Gasteiger partial charge >= 0.3 is 0 Å². The molecule has 2 heteroatoms. The molecule has 0 spiro atoms. The van der Waals surface area contributed by atoms with E-state index in [4.69, 9.17) is 0 Å². The van der Waals surface area contributed by atoms with Crippen LogP contribution in [0, 0.1) is 0 Å². The Bertz CT molecular complexity index is 936. The third kappa shape index (κ3) is 1.92. The molecule has 0 atom stereocenters. The minimum absolute atomic E-state index is 1.02. The summed E-state index contributed by atoms with van der Waals surface area (Å²) in [7, 11) is 0. The number of hydrogen-bond donors (Lipinski definition) is 0. The van der Waals surface area contributed by atoms with E-state index in [1.165, 1.54) is 33.1 Å². The van der Waals surface area contributed by atoms with Crippen molar-refractivity contribution in [3.8, 4) is 11.1 Å². The van der Waals surface area contributed by atoms with Crippen LogP contribution in [0.25, 0.3) is 27.4 Å². The number of aryl methyl sites for hydroxylation is 1. The average molecular weight is 286 g/mol. The molecular formula is C20H18N2. The van der Waals surface area contributed by atoms with Gasteiger partial charge < -0.3 is 0 Å². The fourth-order valence-corrected chi connectivity index (χ4v) is 3.30. The van der Waals surface area contributed by atoms with Gasteiger partial charge in [-0.05, 0) is 23.4 Å². The maximum atomic E-state index is 4.59. The second-order valence-electron chi connectivity index (χ2n) is 5.61. The van der Waals surface area contributed by atoms with Crippen molar-refractivity contribution in [2.75, 3.05) is 0 Å². The standard InChI is InChI=1S/C20H18N2/c1-2-8-19-20(15-9-4-3-5-10-15)17-12-7-6-11-16(17)18-13-14-21-22(18)19/h3-7,9-14H,2,8H2,1H3. The van der Waals surface area contributed by atoms with Crippen LogP contribution in [0.5, 0.6) is 0 Å². The van der Waals surface area contributed by atoms with Gasteiger partial charge in [0.1, 0.15) is 0 Å². The van der Waals surface area contributed by atoms with Crippen LogP contribution in [0.2, 0.25) is 0 Å². The third-order valence-corrected chi connectivity index (χ3v) is 4.21. The van der Waals surface area contributed by atoms with Crippen molar-refractivity contribution in [3.05, 3.63) is 72.6 Å². The molecule has 4 aromatic rings. The second-order valence-corrected chi connectivity index (χ2v) is 5.61. The molecule has 0 aliphatic heterocycles. The molecule has 2 heterocycles. The van der Waals surface area contributed by atoms with Crippen LogP contribution in [0.1, 0.15) is 19.0 Å².